The Hall–Kier alpha value is -1.66. The summed E-state index contributed by atoms with van der Waals surface area (Å²) in [6, 6.07) is 3.74. The van der Waals surface area contributed by atoms with Gasteiger partial charge < -0.3 is 15.4 Å². The highest BCUT2D eigenvalue weighted by Crippen LogP contribution is 2.33. The highest BCUT2D eigenvalue weighted by Gasteiger charge is 2.27. The smallest absolute Gasteiger partial charge is 0.266 e. The van der Waals surface area contributed by atoms with E-state index in [0.29, 0.717) is 17.1 Å². The van der Waals surface area contributed by atoms with Crippen molar-refractivity contribution in [2.45, 2.75) is 18.9 Å². The summed E-state index contributed by atoms with van der Waals surface area (Å²) in [6.07, 6.45) is 3.81. The van der Waals surface area contributed by atoms with Crippen molar-refractivity contribution in [2.24, 2.45) is 0 Å². The molecule has 3 rings (SSSR count). The number of likely N-dealkylation sites (tertiary alicyclic amines) is 1. The van der Waals surface area contributed by atoms with Crippen LogP contribution < -0.4 is 5.73 Å². The predicted octanol–water partition coefficient (Wildman–Crippen LogP) is 2.13. The largest absolute Gasteiger partial charge is 0.397 e. The molecule has 0 bridgehead atoms. The Labute approximate surface area is 121 Å². The maximum absolute atomic E-state index is 12.6. The summed E-state index contributed by atoms with van der Waals surface area (Å²) >= 11 is 1.37. The molecule has 0 aromatic carbocycles. The number of methoxy groups -OCH3 is 1. The molecule has 0 spiro atoms. The number of nitrogen functional groups attached to an aromatic ring is 1. The zero-order chi connectivity index (χ0) is 14.1. The number of pyridine rings is 1. The number of anilines is 1. The Bertz CT molecular complexity index is 640. The van der Waals surface area contributed by atoms with Gasteiger partial charge in [-0.3, -0.25) is 4.79 Å². The number of ether oxygens (including phenoxy) is 1. The zero-order valence-corrected chi connectivity index (χ0v) is 12.2. The number of nitrogens with two attached hydrogens (primary N) is 1. The molecule has 6 heteroatoms. The van der Waals surface area contributed by atoms with E-state index in [2.05, 4.69) is 4.98 Å². The minimum Gasteiger partial charge on any atom is -0.397 e. The number of piperidine rings is 1. The van der Waals surface area contributed by atoms with Crippen LogP contribution in [0, 0.1) is 0 Å². The van der Waals surface area contributed by atoms with E-state index in [1.807, 2.05) is 17.0 Å². The van der Waals surface area contributed by atoms with Crippen molar-refractivity contribution in [3.05, 3.63) is 23.2 Å². The summed E-state index contributed by atoms with van der Waals surface area (Å²) < 4.78 is 5.36. The number of amides is 1. The van der Waals surface area contributed by atoms with Crippen LogP contribution in [0.5, 0.6) is 0 Å². The lowest BCUT2D eigenvalue weighted by atomic mass is 10.1. The number of carbonyl (C=O) groups is 1. The number of rotatable bonds is 2. The molecule has 0 aliphatic carbocycles. The van der Waals surface area contributed by atoms with E-state index in [9.17, 15) is 4.79 Å². The van der Waals surface area contributed by atoms with E-state index in [1.54, 1.807) is 13.3 Å². The van der Waals surface area contributed by atoms with Gasteiger partial charge in [-0.2, -0.15) is 0 Å². The van der Waals surface area contributed by atoms with Gasteiger partial charge in [-0.15, -0.1) is 11.3 Å². The Morgan fingerprint density at radius 3 is 3.20 bits per heavy atom. The van der Waals surface area contributed by atoms with E-state index in [0.717, 1.165) is 29.6 Å². The molecule has 1 aliphatic heterocycles. The first-order valence-electron chi connectivity index (χ1n) is 6.65. The number of carbonyl (C=O) groups excluding carboxylic acids is 1. The first-order valence-corrected chi connectivity index (χ1v) is 7.47. The van der Waals surface area contributed by atoms with Gasteiger partial charge in [-0.25, -0.2) is 4.98 Å². The molecule has 1 saturated heterocycles. The summed E-state index contributed by atoms with van der Waals surface area (Å²) in [5.74, 6) is -0.00718. The van der Waals surface area contributed by atoms with Crippen molar-refractivity contribution in [3.63, 3.8) is 0 Å². The SMILES string of the molecule is COC1CCCN(C(=O)c2sc3ncccc3c2N)C1. The topological polar surface area (TPSA) is 68.5 Å². The minimum absolute atomic E-state index is 0.00718. The van der Waals surface area contributed by atoms with Crippen molar-refractivity contribution in [1.29, 1.82) is 0 Å². The lowest BCUT2D eigenvalue weighted by Gasteiger charge is -2.31. The Kier molecular flexibility index (Phi) is 3.58. The molecular weight excluding hydrogens is 274 g/mol. The molecule has 2 aromatic rings. The zero-order valence-electron chi connectivity index (χ0n) is 11.3. The quantitative estimate of drug-likeness (QED) is 0.920. The number of thiophene rings is 1. The van der Waals surface area contributed by atoms with Gasteiger partial charge in [0.25, 0.3) is 5.91 Å². The van der Waals surface area contributed by atoms with Gasteiger partial charge in [-0.05, 0) is 25.0 Å². The molecule has 106 valence electrons. The minimum atomic E-state index is -0.00718. The third-order valence-corrected chi connectivity index (χ3v) is 4.81. The standard InChI is InChI=1S/C14H17N3O2S/c1-19-9-4-3-7-17(8-9)14(18)12-11(15)10-5-2-6-16-13(10)20-12/h2,5-6,9H,3-4,7-8,15H2,1H3. The second kappa shape index (κ2) is 5.38. The lowest BCUT2D eigenvalue weighted by Crippen LogP contribution is -2.42. The molecular formula is C14H17N3O2S. The number of hydrogen-bond donors (Lipinski definition) is 1. The molecule has 20 heavy (non-hydrogen) atoms. The van der Waals surface area contributed by atoms with Crippen molar-refractivity contribution in [1.82, 2.24) is 9.88 Å². The van der Waals surface area contributed by atoms with Gasteiger partial charge in [0, 0.05) is 31.8 Å². The third kappa shape index (κ3) is 2.25. The number of fused-ring (bicyclic) bond motifs is 1. The first kappa shape index (κ1) is 13.3. The number of aromatic nitrogens is 1. The summed E-state index contributed by atoms with van der Waals surface area (Å²) in [6.45, 7) is 1.40. The fraction of sp³-hybridized carbons (Fsp3) is 0.429. The maximum atomic E-state index is 12.6. The fourth-order valence-corrected chi connectivity index (χ4v) is 3.60. The van der Waals surface area contributed by atoms with Crippen LogP contribution in [0.3, 0.4) is 0 Å². The van der Waals surface area contributed by atoms with Crippen molar-refractivity contribution in [3.8, 4) is 0 Å². The van der Waals surface area contributed by atoms with Gasteiger partial charge in [-0.1, -0.05) is 0 Å². The van der Waals surface area contributed by atoms with Crippen molar-refractivity contribution < 1.29 is 9.53 Å². The van der Waals surface area contributed by atoms with Crippen molar-refractivity contribution in [2.75, 3.05) is 25.9 Å². The molecule has 1 atom stereocenters. The molecule has 0 radical (unpaired) electrons. The van der Waals surface area contributed by atoms with Gasteiger partial charge >= 0.3 is 0 Å². The van der Waals surface area contributed by atoms with Crippen LogP contribution in [-0.4, -0.2) is 42.1 Å². The Morgan fingerprint density at radius 1 is 1.60 bits per heavy atom. The highest BCUT2D eigenvalue weighted by molar-refractivity contribution is 7.21. The average Bonchev–Trinajstić information content (AvgIpc) is 2.84. The monoisotopic (exact) mass is 291 g/mol. The van der Waals surface area contributed by atoms with E-state index in [4.69, 9.17) is 10.5 Å². The summed E-state index contributed by atoms with van der Waals surface area (Å²) in [7, 11) is 1.69. The molecule has 1 unspecified atom stereocenters. The van der Waals surface area contributed by atoms with Crippen LogP contribution in [0.1, 0.15) is 22.5 Å². The van der Waals surface area contributed by atoms with Crippen molar-refractivity contribution >= 4 is 33.1 Å². The molecule has 2 aromatic heterocycles. The van der Waals surface area contributed by atoms with Crippen LogP contribution in [0.4, 0.5) is 5.69 Å². The normalized spacial score (nSPS) is 19.4. The highest BCUT2D eigenvalue weighted by atomic mass is 32.1. The van der Waals surface area contributed by atoms with Gasteiger partial charge in [0.05, 0.1) is 11.8 Å². The van der Waals surface area contributed by atoms with Crippen LogP contribution in [0.25, 0.3) is 10.2 Å². The number of nitrogens with zero attached hydrogens (tertiary/aromatic N) is 2. The van der Waals surface area contributed by atoms with E-state index >= 15 is 0 Å². The summed E-state index contributed by atoms with van der Waals surface area (Å²) in [5.41, 5.74) is 6.65. The van der Waals surface area contributed by atoms with Gasteiger partial charge in [0.2, 0.25) is 0 Å². The molecule has 0 saturated carbocycles. The lowest BCUT2D eigenvalue weighted by molar-refractivity contribution is 0.0272. The van der Waals surface area contributed by atoms with Gasteiger partial charge in [0.15, 0.2) is 0 Å². The average molecular weight is 291 g/mol. The summed E-state index contributed by atoms with van der Waals surface area (Å²) in [4.78, 5) is 20.1. The van der Waals surface area contributed by atoms with E-state index in [-0.39, 0.29) is 12.0 Å². The van der Waals surface area contributed by atoms with Crippen LogP contribution >= 0.6 is 11.3 Å². The summed E-state index contributed by atoms with van der Waals surface area (Å²) in [5, 5.41) is 0.862. The van der Waals surface area contributed by atoms with E-state index < -0.39 is 0 Å². The fourth-order valence-electron chi connectivity index (χ4n) is 2.57. The molecule has 2 N–H and O–H groups in total. The Morgan fingerprint density at radius 2 is 2.45 bits per heavy atom. The second-order valence-corrected chi connectivity index (χ2v) is 5.95. The molecule has 3 heterocycles. The number of hydrogen-bond acceptors (Lipinski definition) is 5. The predicted molar refractivity (Wildman–Crippen MR) is 80.0 cm³/mol. The molecule has 1 amide bonds. The van der Waals surface area contributed by atoms with Crippen LogP contribution in [-0.2, 0) is 4.74 Å². The molecule has 1 aliphatic rings. The first-order chi connectivity index (χ1) is 9.70. The van der Waals surface area contributed by atoms with E-state index in [1.165, 1.54) is 11.3 Å². The molecule has 1 fully saturated rings. The Balaban J connectivity index is 1.90. The van der Waals surface area contributed by atoms with Crippen LogP contribution in [0.15, 0.2) is 18.3 Å². The van der Waals surface area contributed by atoms with Crippen LogP contribution in [0.2, 0.25) is 0 Å². The second-order valence-electron chi connectivity index (χ2n) is 4.95. The van der Waals surface area contributed by atoms with Gasteiger partial charge in [0.1, 0.15) is 9.71 Å². The third-order valence-electron chi connectivity index (χ3n) is 3.70. The maximum Gasteiger partial charge on any atom is 0.266 e. The molecule has 5 nitrogen and oxygen atoms in total.